The predicted molar refractivity (Wildman–Crippen MR) is 63.6 cm³/mol. The summed E-state index contributed by atoms with van der Waals surface area (Å²) in [6.45, 7) is -0.216. The van der Waals surface area contributed by atoms with Gasteiger partial charge in [-0.2, -0.15) is 0 Å². The number of hydrogen-bond donors (Lipinski definition) is 3. The Bertz CT molecular complexity index is 570. The topological polar surface area (TPSA) is 106 Å². The third kappa shape index (κ3) is 1.64. The van der Waals surface area contributed by atoms with Gasteiger partial charge in [-0.25, -0.2) is 4.68 Å². The first-order valence-corrected chi connectivity index (χ1v) is 5.74. The number of nitrogens with zero attached hydrogens (tertiary/aromatic N) is 3. The minimum Gasteiger partial charge on any atom is -0.397 e. The van der Waals surface area contributed by atoms with Gasteiger partial charge in [-0.3, -0.25) is 0 Å². The van der Waals surface area contributed by atoms with E-state index in [2.05, 4.69) is 10.3 Å². The molecule has 0 bridgehead atoms. The molecule has 0 radical (unpaired) electrons. The average molecular weight is 250 g/mol. The number of nitrogens with two attached hydrogens (primary N) is 1. The zero-order chi connectivity index (χ0) is 12.7. The van der Waals surface area contributed by atoms with Crippen molar-refractivity contribution in [2.24, 2.45) is 0 Å². The number of hydrogen-bond acceptors (Lipinski definition) is 6. The normalized spacial score (nSPS) is 28.0. The van der Waals surface area contributed by atoms with Gasteiger partial charge in [-0.05, 0) is 12.1 Å². The summed E-state index contributed by atoms with van der Waals surface area (Å²) >= 11 is 0. The molecule has 1 aliphatic rings. The molecule has 4 N–H and O–H groups in total. The van der Waals surface area contributed by atoms with Crippen LogP contribution < -0.4 is 5.73 Å². The third-order valence-electron chi connectivity index (χ3n) is 3.19. The van der Waals surface area contributed by atoms with Crippen molar-refractivity contribution in [3.63, 3.8) is 0 Å². The lowest BCUT2D eigenvalue weighted by atomic mass is 10.2. The van der Waals surface area contributed by atoms with E-state index in [1.807, 2.05) is 12.1 Å². The van der Waals surface area contributed by atoms with Crippen molar-refractivity contribution >= 4 is 16.7 Å². The minimum absolute atomic E-state index is 0.216. The molecular formula is C11H14N4O3. The lowest BCUT2D eigenvalue weighted by Gasteiger charge is -2.12. The van der Waals surface area contributed by atoms with Crippen LogP contribution in [0, 0.1) is 0 Å². The monoisotopic (exact) mass is 250 g/mol. The number of aliphatic hydroxyl groups is 2. The van der Waals surface area contributed by atoms with Gasteiger partial charge in [0, 0.05) is 6.42 Å². The maximum absolute atomic E-state index is 9.71. The molecule has 1 aromatic carbocycles. The fourth-order valence-electron chi connectivity index (χ4n) is 2.22. The molecule has 7 heteroatoms. The number of anilines is 1. The summed E-state index contributed by atoms with van der Waals surface area (Å²) in [6, 6.07) is 5.41. The maximum Gasteiger partial charge on any atom is 0.155 e. The van der Waals surface area contributed by atoms with Gasteiger partial charge < -0.3 is 20.7 Å². The van der Waals surface area contributed by atoms with Crippen molar-refractivity contribution in [3.8, 4) is 0 Å². The van der Waals surface area contributed by atoms with Crippen LogP contribution in [0.4, 0.5) is 5.69 Å². The first-order valence-electron chi connectivity index (χ1n) is 5.74. The van der Waals surface area contributed by atoms with Gasteiger partial charge in [0.15, 0.2) is 6.23 Å². The molecule has 96 valence electrons. The lowest BCUT2D eigenvalue weighted by molar-refractivity contribution is -0.0474. The molecule has 0 saturated carbocycles. The van der Waals surface area contributed by atoms with Crippen molar-refractivity contribution < 1.29 is 14.9 Å². The van der Waals surface area contributed by atoms with Crippen molar-refractivity contribution in [2.45, 2.75) is 24.9 Å². The largest absolute Gasteiger partial charge is 0.397 e. The molecule has 1 fully saturated rings. The quantitative estimate of drug-likeness (QED) is 0.629. The van der Waals surface area contributed by atoms with Gasteiger partial charge >= 0.3 is 0 Å². The van der Waals surface area contributed by atoms with E-state index in [9.17, 15) is 5.11 Å². The van der Waals surface area contributed by atoms with Gasteiger partial charge in [0.25, 0.3) is 0 Å². The van der Waals surface area contributed by atoms with E-state index < -0.39 is 18.4 Å². The maximum atomic E-state index is 9.71. The van der Waals surface area contributed by atoms with Crippen LogP contribution in [-0.4, -0.2) is 44.0 Å². The molecule has 1 aromatic heterocycles. The zero-order valence-corrected chi connectivity index (χ0v) is 9.60. The molecule has 0 amide bonds. The third-order valence-corrected chi connectivity index (χ3v) is 3.19. The molecule has 2 aromatic rings. The molecule has 3 atom stereocenters. The SMILES string of the molecule is Nc1cccc2c1nnn2[C@@H]1C[C@H](O)[C@@H](CO)O1. The highest BCUT2D eigenvalue weighted by atomic mass is 16.5. The summed E-state index contributed by atoms with van der Waals surface area (Å²) in [6.07, 6.45) is -1.32. The van der Waals surface area contributed by atoms with E-state index in [0.717, 1.165) is 5.52 Å². The van der Waals surface area contributed by atoms with E-state index in [1.54, 1.807) is 10.7 Å². The second-order valence-corrected chi connectivity index (χ2v) is 4.36. The van der Waals surface area contributed by atoms with Crippen LogP contribution in [0.25, 0.3) is 11.0 Å². The van der Waals surface area contributed by atoms with E-state index in [-0.39, 0.29) is 6.61 Å². The van der Waals surface area contributed by atoms with Crippen molar-refractivity contribution in [1.29, 1.82) is 0 Å². The van der Waals surface area contributed by atoms with E-state index in [0.29, 0.717) is 17.6 Å². The standard InChI is InChI=1S/C11H14N4O3/c12-6-2-1-3-7-11(6)13-14-15(7)10-4-8(17)9(5-16)18-10/h1-3,8-10,16-17H,4-5,12H2/t8-,9+,10-/m0/s1. The molecule has 1 aliphatic heterocycles. The van der Waals surface area contributed by atoms with Crippen LogP contribution in [0.15, 0.2) is 18.2 Å². The Labute approximate surface area is 103 Å². The highest BCUT2D eigenvalue weighted by Crippen LogP contribution is 2.31. The molecular weight excluding hydrogens is 236 g/mol. The summed E-state index contributed by atoms with van der Waals surface area (Å²) in [5.41, 5.74) is 7.72. The van der Waals surface area contributed by atoms with Crippen LogP contribution in [-0.2, 0) is 4.74 Å². The lowest BCUT2D eigenvalue weighted by Crippen LogP contribution is -2.24. The fourth-order valence-corrected chi connectivity index (χ4v) is 2.22. The average Bonchev–Trinajstić information content (AvgIpc) is 2.93. The fraction of sp³-hybridized carbons (Fsp3) is 0.455. The number of nitrogen functional groups attached to an aromatic ring is 1. The van der Waals surface area contributed by atoms with Crippen LogP contribution in [0.1, 0.15) is 12.6 Å². The smallest absolute Gasteiger partial charge is 0.155 e. The van der Waals surface area contributed by atoms with Crippen molar-refractivity contribution in [1.82, 2.24) is 15.0 Å². The molecule has 2 heterocycles. The van der Waals surface area contributed by atoms with Crippen molar-refractivity contribution in [2.75, 3.05) is 12.3 Å². The molecule has 0 spiro atoms. The van der Waals surface area contributed by atoms with Crippen LogP contribution in [0.5, 0.6) is 0 Å². The summed E-state index contributed by atoms with van der Waals surface area (Å²) in [7, 11) is 0. The van der Waals surface area contributed by atoms with Crippen molar-refractivity contribution in [3.05, 3.63) is 18.2 Å². The molecule has 1 saturated heterocycles. The Morgan fingerprint density at radius 1 is 1.50 bits per heavy atom. The number of rotatable bonds is 2. The van der Waals surface area contributed by atoms with Gasteiger partial charge in [0.2, 0.25) is 0 Å². The summed E-state index contributed by atoms with van der Waals surface area (Å²) in [5, 5.41) is 26.8. The molecule has 7 nitrogen and oxygen atoms in total. The number of fused-ring (bicyclic) bond motifs is 1. The number of ether oxygens (including phenoxy) is 1. The van der Waals surface area contributed by atoms with Gasteiger partial charge in [-0.1, -0.05) is 11.3 Å². The second-order valence-electron chi connectivity index (χ2n) is 4.36. The van der Waals surface area contributed by atoms with E-state index in [1.165, 1.54) is 0 Å². The Hall–Kier alpha value is -1.70. The predicted octanol–water partition coefficient (Wildman–Crippen LogP) is -0.346. The van der Waals surface area contributed by atoms with Gasteiger partial charge in [0.05, 0.1) is 23.9 Å². The number of benzene rings is 1. The Morgan fingerprint density at radius 3 is 3.06 bits per heavy atom. The molecule has 18 heavy (non-hydrogen) atoms. The van der Waals surface area contributed by atoms with E-state index >= 15 is 0 Å². The highest BCUT2D eigenvalue weighted by molar-refractivity contribution is 5.86. The van der Waals surface area contributed by atoms with Gasteiger partial charge in [-0.15, -0.1) is 5.10 Å². The van der Waals surface area contributed by atoms with Crippen LogP contribution in [0.3, 0.4) is 0 Å². The zero-order valence-electron chi connectivity index (χ0n) is 9.60. The molecule has 0 unspecified atom stereocenters. The number of aliphatic hydroxyl groups excluding tert-OH is 2. The van der Waals surface area contributed by atoms with Crippen LogP contribution in [0.2, 0.25) is 0 Å². The Kier molecular flexibility index (Phi) is 2.66. The first-order chi connectivity index (χ1) is 8.70. The molecule has 0 aliphatic carbocycles. The van der Waals surface area contributed by atoms with E-state index in [4.69, 9.17) is 15.6 Å². The summed E-state index contributed by atoms with van der Waals surface area (Å²) in [5.74, 6) is 0. The summed E-state index contributed by atoms with van der Waals surface area (Å²) < 4.78 is 7.12. The van der Waals surface area contributed by atoms with Crippen LogP contribution >= 0.6 is 0 Å². The summed E-state index contributed by atoms with van der Waals surface area (Å²) in [4.78, 5) is 0. The Morgan fingerprint density at radius 2 is 2.33 bits per heavy atom. The highest BCUT2D eigenvalue weighted by Gasteiger charge is 2.35. The molecule has 3 rings (SSSR count). The Balaban J connectivity index is 1.99. The van der Waals surface area contributed by atoms with Gasteiger partial charge in [0.1, 0.15) is 11.6 Å². The number of aromatic nitrogens is 3. The second kappa shape index (κ2) is 4.20. The minimum atomic E-state index is -0.694. The first kappa shape index (κ1) is 11.4.